The Hall–Kier alpha value is -4.65. The average molecular weight is 711 g/mol. The lowest BCUT2D eigenvalue weighted by molar-refractivity contribution is -0.152. The van der Waals surface area contributed by atoms with Crippen LogP contribution in [-0.4, -0.2) is 36.3 Å². The highest BCUT2D eigenvalue weighted by Crippen LogP contribution is 2.53. The molecule has 2 N–H and O–H groups in total. The van der Waals surface area contributed by atoms with E-state index in [0.29, 0.717) is 11.2 Å². The van der Waals surface area contributed by atoms with Crippen LogP contribution in [0.25, 0.3) is 0 Å². The molecule has 0 bridgehead atoms. The van der Waals surface area contributed by atoms with E-state index in [1.165, 1.54) is 16.7 Å². The third kappa shape index (κ3) is 9.04. The first-order valence-electron chi connectivity index (χ1n) is 18.6. The lowest BCUT2D eigenvalue weighted by atomic mass is 9.84. The maximum Gasteiger partial charge on any atom is 0.323 e. The number of esters is 1. The highest BCUT2D eigenvalue weighted by Gasteiger charge is 2.41. The lowest BCUT2D eigenvalue weighted by Gasteiger charge is -2.37. The molecule has 0 spiro atoms. The highest BCUT2D eigenvalue weighted by molar-refractivity contribution is 8.01. The molecule has 5 aromatic carbocycles. The molecule has 1 aliphatic rings. The smallest absolute Gasteiger partial charge is 0.323 e. The Morgan fingerprint density at radius 3 is 1.63 bits per heavy atom. The van der Waals surface area contributed by atoms with Gasteiger partial charge in [-0.25, -0.2) is 0 Å². The van der Waals surface area contributed by atoms with Crippen LogP contribution in [0.4, 0.5) is 0 Å². The molecule has 4 atom stereocenters. The fraction of sp³-hybridized carbons (Fsp3) is 0.304. The summed E-state index contributed by atoms with van der Waals surface area (Å²) in [6.45, 7) is 4.56. The van der Waals surface area contributed by atoms with E-state index in [4.69, 9.17) is 4.74 Å². The minimum atomic E-state index is -0.486. The van der Waals surface area contributed by atoms with Crippen molar-refractivity contribution in [2.75, 3.05) is 13.2 Å². The van der Waals surface area contributed by atoms with Gasteiger partial charge in [0.25, 0.3) is 5.91 Å². The van der Waals surface area contributed by atoms with Crippen molar-refractivity contribution >= 4 is 23.6 Å². The second kappa shape index (κ2) is 18.2. The molecule has 0 saturated heterocycles. The molecule has 1 saturated carbocycles. The van der Waals surface area contributed by atoms with E-state index in [9.17, 15) is 9.59 Å². The van der Waals surface area contributed by atoms with Gasteiger partial charge in [-0.3, -0.25) is 9.59 Å². The number of hydrogen-bond donors (Lipinski definition) is 2. The van der Waals surface area contributed by atoms with Crippen molar-refractivity contribution in [1.82, 2.24) is 10.6 Å². The van der Waals surface area contributed by atoms with Crippen molar-refractivity contribution in [2.45, 2.75) is 61.6 Å². The molecule has 1 aliphatic carbocycles. The molecule has 6 rings (SSSR count). The highest BCUT2D eigenvalue weighted by atomic mass is 32.2. The summed E-state index contributed by atoms with van der Waals surface area (Å²) in [5.41, 5.74) is 5.77. The molecular weight excluding hydrogens is 661 g/mol. The molecule has 268 valence electrons. The van der Waals surface area contributed by atoms with Crippen LogP contribution in [0.1, 0.15) is 73.4 Å². The molecule has 0 radical (unpaired) electrons. The van der Waals surface area contributed by atoms with E-state index >= 15 is 0 Å². The molecule has 5 aromatic rings. The summed E-state index contributed by atoms with van der Waals surface area (Å²) in [4.78, 5) is 26.7. The van der Waals surface area contributed by atoms with Gasteiger partial charge in [0.05, 0.1) is 10.8 Å². The predicted octanol–water partition coefficient (Wildman–Crippen LogP) is 9.33. The molecule has 1 fully saturated rings. The van der Waals surface area contributed by atoms with Crippen LogP contribution < -0.4 is 10.6 Å². The predicted molar refractivity (Wildman–Crippen MR) is 213 cm³/mol. The first-order valence-corrected chi connectivity index (χ1v) is 19.5. The number of benzene rings is 5. The number of rotatable bonds is 16. The van der Waals surface area contributed by atoms with Gasteiger partial charge in [0.1, 0.15) is 6.04 Å². The summed E-state index contributed by atoms with van der Waals surface area (Å²) in [6, 6.07) is 51.5. The van der Waals surface area contributed by atoms with E-state index in [2.05, 4.69) is 127 Å². The van der Waals surface area contributed by atoms with E-state index in [1.54, 1.807) is 0 Å². The number of hydrogen-bond acceptors (Lipinski definition) is 5. The van der Waals surface area contributed by atoms with Crippen molar-refractivity contribution < 1.29 is 14.3 Å². The van der Waals surface area contributed by atoms with E-state index < -0.39 is 6.04 Å². The Bertz CT molecular complexity index is 1690. The van der Waals surface area contributed by atoms with Crippen LogP contribution >= 0.6 is 11.8 Å². The second-order valence-corrected chi connectivity index (χ2v) is 15.4. The largest absolute Gasteiger partial charge is 0.454 e. The van der Waals surface area contributed by atoms with Gasteiger partial charge in [-0.2, -0.15) is 0 Å². The first kappa shape index (κ1) is 37.1. The lowest BCUT2D eigenvalue weighted by Crippen LogP contribution is -2.45. The molecule has 0 aromatic heterocycles. The maximum atomic E-state index is 13.5. The van der Waals surface area contributed by atoms with E-state index in [1.807, 2.05) is 60.7 Å². The van der Waals surface area contributed by atoms with Crippen LogP contribution in [-0.2, 0) is 19.1 Å². The van der Waals surface area contributed by atoms with Gasteiger partial charge in [-0.05, 0) is 65.5 Å². The number of carbonyl (C=O) groups excluding carboxylic acids is 2. The topological polar surface area (TPSA) is 67.4 Å². The third-order valence-corrected chi connectivity index (χ3v) is 12.2. The number of amides is 1. The number of thioether (sulfide) groups is 1. The second-order valence-electron chi connectivity index (χ2n) is 13.9. The zero-order valence-electron chi connectivity index (χ0n) is 30.2. The molecular formula is C46H50N2O3S. The fourth-order valence-corrected chi connectivity index (χ4v) is 9.36. The summed E-state index contributed by atoms with van der Waals surface area (Å²) in [5.74, 6) is -0.216. The Morgan fingerprint density at radius 2 is 1.17 bits per heavy atom. The number of carbonyl (C=O) groups is 2. The van der Waals surface area contributed by atoms with Gasteiger partial charge in [0.2, 0.25) is 0 Å². The van der Waals surface area contributed by atoms with Gasteiger partial charge in [-0.1, -0.05) is 172 Å². The summed E-state index contributed by atoms with van der Waals surface area (Å²) in [6.07, 6.45) is 4.06. The first-order chi connectivity index (χ1) is 25.5. The van der Waals surface area contributed by atoms with Crippen molar-refractivity contribution in [1.29, 1.82) is 0 Å². The monoisotopic (exact) mass is 710 g/mol. The van der Waals surface area contributed by atoms with Gasteiger partial charge < -0.3 is 15.4 Å². The molecule has 5 nitrogen and oxygen atoms in total. The summed E-state index contributed by atoms with van der Waals surface area (Å²) in [5, 5.41) is 7.11. The molecule has 0 unspecified atom stereocenters. The minimum absolute atomic E-state index is 0.0606. The Kier molecular flexibility index (Phi) is 13.0. The van der Waals surface area contributed by atoms with Crippen LogP contribution in [0.15, 0.2) is 152 Å². The molecule has 0 aliphatic heterocycles. The SMILES string of the molecule is CC[C@H](C)[C@H](NC[C@@H]1CC[C@H](SC(c2ccccc2)(c2ccccc2)c2ccccc2)C1)C(=O)OCC(=O)NC(c1ccccc1)c1ccccc1. The van der Waals surface area contributed by atoms with Gasteiger partial charge in [-0.15, -0.1) is 11.8 Å². The van der Waals surface area contributed by atoms with E-state index in [0.717, 1.165) is 43.4 Å². The molecule has 1 amide bonds. The Labute approximate surface area is 313 Å². The third-order valence-electron chi connectivity index (χ3n) is 10.4. The Balaban J connectivity index is 1.10. The summed E-state index contributed by atoms with van der Waals surface area (Å²) < 4.78 is 5.35. The van der Waals surface area contributed by atoms with Crippen LogP contribution in [0.5, 0.6) is 0 Å². The number of ether oxygens (including phenoxy) is 1. The van der Waals surface area contributed by atoms with Gasteiger partial charge >= 0.3 is 5.97 Å². The Morgan fingerprint density at radius 1 is 0.712 bits per heavy atom. The van der Waals surface area contributed by atoms with E-state index in [-0.39, 0.29) is 35.2 Å². The maximum absolute atomic E-state index is 13.5. The van der Waals surface area contributed by atoms with Crippen molar-refractivity contribution in [2.24, 2.45) is 11.8 Å². The molecule has 52 heavy (non-hydrogen) atoms. The van der Waals surface area contributed by atoms with Crippen molar-refractivity contribution in [3.8, 4) is 0 Å². The van der Waals surface area contributed by atoms with Crippen molar-refractivity contribution in [3.63, 3.8) is 0 Å². The van der Waals surface area contributed by atoms with Crippen LogP contribution in [0.3, 0.4) is 0 Å². The van der Waals surface area contributed by atoms with Gasteiger partial charge in [0, 0.05) is 5.25 Å². The minimum Gasteiger partial charge on any atom is -0.454 e. The number of nitrogens with one attached hydrogen (secondary N) is 2. The average Bonchev–Trinajstić information content (AvgIpc) is 3.66. The van der Waals surface area contributed by atoms with Crippen LogP contribution in [0.2, 0.25) is 0 Å². The van der Waals surface area contributed by atoms with Gasteiger partial charge in [0.15, 0.2) is 6.61 Å². The zero-order chi connectivity index (χ0) is 36.2. The molecule has 6 heteroatoms. The summed E-state index contributed by atoms with van der Waals surface area (Å²) >= 11 is 2.06. The summed E-state index contributed by atoms with van der Waals surface area (Å²) in [7, 11) is 0. The van der Waals surface area contributed by atoms with Crippen LogP contribution in [0, 0.1) is 11.8 Å². The quantitative estimate of drug-likeness (QED) is 0.0790. The zero-order valence-corrected chi connectivity index (χ0v) is 31.0. The molecule has 0 heterocycles. The normalized spacial score (nSPS) is 17.0. The fourth-order valence-electron chi connectivity index (χ4n) is 7.42. The van der Waals surface area contributed by atoms with Crippen molar-refractivity contribution in [3.05, 3.63) is 179 Å². The standard InChI is InChI=1S/C46H50N2O3S/c1-3-34(2)43(45(50)51-33-42(49)48-44(36-19-9-4-10-20-36)37-21-11-5-12-22-37)47-32-35-29-30-41(31-35)52-46(38-23-13-6-14-24-38,39-25-15-7-16-26-39)40-27-17-8-18-28-40/h4-28,34-35,41,43-44,47H,3,29-33H2,1-2H3,(H,48,49)/t34-,35+,41-,43-/m0/s1.